The van der Waals surface area contributed by atoms with Crippen molar-refractivity contribution in [2.24, 2.45) is 0 Å². The number of nitrogen functional groups attached to an aromatic ring is 1. The first-order valence-corrected chi connectivity index (χ1v) is 9.34. The van der Waals surface area contributed by atoms with E-state index in [0.29, 0.717) is 19.3 Å². The number of alkyl halides is 3. The van der Waals surface area contributed by atoms with Crippen molar-refractivity contribution in [3.63, 3.8) is 0 Å². The van der Waals surface area contributed by atoms with E-state index in [2.05, 4.69) is 20.3 Å². The van der Waals surface area contributed by atoms with Crippen LogP contribution in [0.25, 0.3) is 0 Å². The Balaban J connectivity index is 0.000000210. The summed E-state index contributed by atoms with van der Waals surface area (Å²) in [6.07, 6.45) is 0.243. The minimum absolute atomic E-state index is 0.0194. The van der Waals surface area contributed by atoms with Crippen molar-refractivity contribution in [2.75, 3.05) is 18.9 Å². The molecule has 10 nitrogen and oxygen atoms in total. The average Bonchev–Trinajstić information content (AvgIpc) is 3.32. The van der Waals surface area contributed by atoms with Crippen LogP contribution in [0.3, 0.4) is 0 Å². The second kappa shape index (κ2) is 9.16. The Kier molecular flexibility index (Phi) is 6.77. The van der Waals surface area contributed by atoms with E-state index in [0.717, 1.165) is 12.6 Å². The Hall–Kier alpha value is -2.77. The number of hydrogen-bond acceptors (Lipinski definition) is 9. The molecule has 3 N–H and O–H groups in total. The van der Waals surface area contributed by atoms with E-state index in [4.69, 9.17) is 24.4 Å². The van der Waals surface area contributed by atoms with Gasteiger partial charge in [0, 0.05) is 13.2 Å². The summed E-state index contributed by atoms with van der Waals surface area (Å²) in [6, 6.07) is 0. The Morgan fingerprint density at radius 1 is 1.26 bits per heavy atom. The van der Waals surface area contributed by atoms with E-state index in [-0.39, 0.29) is 35.8 Å². The molecule has 2 aliphatic heterocycles. The molecular formula is C18H22F3N5O5. The number of carbonyl (C=O) groups excluding carboxylic acids is 1. The van der Waals surface area contributed by atoms with Crippen LogP contribution in [0.15, 0.2) is 29.4 Å². The fraction of sp³-hybridized carbons (Fsp3) is 0.556. The Labute approximate surface area is 175 Å². The van der Waals surface area contributed by atoms with Crippen molar-refractivity contribution >= 4 is 11.7 Å². The normalized spacial score (nSPS) is 24.6. The van der Waals surface area contributed by atoms with Gasteiger partial charge in [0.2, 0.25) is 5.76 Å². The lowest BCUT2D eigenvalue weighted by Gasteiger charge is -2.31. The monoisotopic (exact) mass is 445 g/mol. The number of carbonyl (C=O) groups is 1. The van der Waals surface area contributed by atoms with Crippen molar-refractivity contribution in [1.82, 2.24) is 20.3 Å². The molecule has 2 saturated heterocycles. The molecule has 0 bridgehead atoms. The van der Waals surface area contributed by atoms with Crippen LogP contribution >= 0.6 is 0 Å². The topological polar surface area (TPSA) is 135 Å². The molecule has 170 valence electrons. The van der Waals surface area contributed by atoms with Gasteiger partial charge < -0.3 is 29.7 Å². The van der Waals surface area contributed by atoms with Gasteiger partial charge in [0.15, 0.2) is 17.9 Å². The van der Waals surface area contributed by atoms with Crippen LogP contribution in [-0.2, 0) is 20.4 Å². The summed E-state index contributed by atoms with van der Waals surface area (Å²) in [5, 5.41) is 2.76. The van der Waals surface area contributed by atoms with Crippen LogP contribution in [0, 0.1) is 0 Å². The number of nitrogens with two attached hydrogens (primary N) is 1. The lowest BCUT2D eigenvalue weighted by molar-refractivity contribution is -0.153. The number of fused-ring (bicyclic) bond motifs is 1. The first kappa shape index (κ1) is 22.9. The fourth-order valence-electron chi connectivity index (χ4n) is 3.13. The number of rotatable bonds is 3. The maximum absolute atomic E-state index is 11.8. The number of ether oxygens (including phenoxy) is 3. The maximum atomic E-state index is 11.8. The molecule has 2 aliphatic rings. The zero-order valence-electron chi connectivity index (χ0n) is 16.8. The summed E-state index contributed by atoms with van der Waals surface area (Å²) in [4.78, 5) is 21.8. The van der Waals surface area contributed by atoms with Crippen molar-refractivity contribution in [2.45, 2.75) is 50.5 Å². The van der Waals surface area contributed by atoms with Gasteiger partial charge in [-0.2, -0.15) is 13.2 Å². The SMILES string of the molecule is CC1(C)OC2CCOC(CNC(=O)c3cnco3)C2O1.Nc1cncc(C(F)(F)F)n1. The van der Waals surface area contributed by atoms with Crippen molar-refractivity contribution < 1.29 is 36.6 Å². The molecule has 4 rings (SSSR count). The number of amides is 1. The smallest absolute Gasteiger partial charge is 0.434 e. The lowest BCUT2D eigenvalue weighted by atomic mass is 10.0. The van der Waals surface area contributed by atoms with Crippen LogP contribution in [0.2, 0.25) is 0 Å². The second-order valence-electron chi connectivity index (χ2n) is 7.24. The molecule has 0 radical (unpaired) electrons. The maximum Gasteiger partial charge on any atom is 0.434 e. The van der Waals surface area contributed by atoms with Crippen LogP contribution in [0.4, 0.5) is 19.0 Å². The van der Waals surface area contributed by atoms with E-state index in [9.17, 15) is 18.0 Å². The number of oxazole rings is 1. The molecular weight excluding hydrogens is 423 g/mol. The van der Waals surface area contributed by atoms with Gasteiger partial charge in [-0.05, 0) is 20.3 Å². The molecule has 3 unspecified atom stereocenters. The average molecular weight is 445 g/mol. The van der Waals surface area contributed by atoms with E-state index in [1.165, 1.54) is 12.6 Å². The molecule has 4 heterocycles. The Bertz CT molecular complexity index is 878. The standard InChI is InChI=1S/C13H18N2O5.C5H4F3N3/c1-13(2)19-8-3-4-17-9(11(8)20-13)6-15-12(16)10-5-14-7-18-10;6-5(7,8)3-1-10-2-4(9)11-3/h5,7-9,11H,3-4,6H2,1-2H3,(H,15,16);1-2H,(H2,9,11). The third-order valence-electron chi connectivity index (χ3n) is 4.39. The summed E-state index contributed by atoms with van der Waals surface area (Å²) in [5.74, 6) is -0.969. The lowest BCUT2D eigenvalue weighted by Crippen LogP contribution is -2.48. The predicted octanol–water partition coefficient (Wildman–Crippen LogP) is 1.79. The van der Waals surface area contributed by atoms with Gasteiger partial charge in [0.05, 0.1) is 24.7 Å². The molecule has 0 spiro atoms. The van der Waals surface area contributed by atoms with Crippen molar-refractivity contribution in [1.29, 1.82) is 0 Å². The zero-order valence-corrected chi connectivity index (χ0v) is 16.8. The summed E-state index contributed by atoms with van der Waals surface area (Å²) in [5.41, 5.74) is 3.91. The van der Waals surface area contributed by atoms with E-state index in [1.807, 2.05) is 13.8 Å². The number of nitrogens with zero attached hydrogens (tertiary/aromatic N) is 3. The number of aromatic nitrogens is 3. The Morgan fingerprint density at radius 3 is 2.65 bits per heavy atom. The number of anilines is 1. The number of nitrogens with one attached hydrogen (secondary N) is 1. The minimum Gasteiger partial charge on any atom is -0.438 e. The quantitative estimate of drug-likeness (QED) is 0.725. The Morgan fingerprint density at radius 2 is 2.03 bits per heavy atom. The second-order valence-corrected chi connectivity index (χ2v) is 7.24. The zero-order chi connectivity index (χ0) is 22.6. The van der Waals surface area contributed by atoms with Crippen LogP contribution in [0.5, 0.6) is 0 Å². The highest BCUT2D eigenvalue weighted by atomic mass is 19.4. The van der Waals surface area contributed by atoms with Gasteiger partial charge in [-0.25, -0.2) is 9.97 Å². The molecule has 3 atom stereocenters. The number of halogens is 3. The van der Waals surface area contributed by atoms with E-state index < -0.39 is 17.7 Å². The molecule has 0 aromatic carbocycles. The van der Waals surface area contributed by atoms with Crippen molar-refractivity contribution in [3.8, 4) is 0 Å². The van der Waals surface area contributed by atoms with Crippen LogP contribution in [0.1, 0.15) is 36.5 Å². The summed E-state index contributed by atoms with van der Waals surface area (Å²) in [6.45, 7) is 4.72. The highest BCUT2D eigenvalue weighted by Crippen LogP contribution is 2.35. The van der Waals surface area contributed by atoms with Gasteiger partial charge in [0.1, 0.15) is 18.0 Å². The molecule has 2 aromatic rings. The molecule has 0 aliphatic carbocycles. The molecule has 0 saturated carbocycles. The van der Waals surface area contributed by atoms with E-state index in [1.54, 1.807) is 0 Å². The summed E-state index contributed by atoms with van der Waals surface area (Å²) >= 11 is 0. The third-order valence-corrected chi connectivity index (χ3v) is 4.39. The van der Waals surface area contributed by atoms with Crippen LogP contribution < -0.4 is 11.1 Å². The molecule has 2 fully saturated rings. The summed E-state index contributed by atoms with van der Waals surface area (Å²) in [7, 11) is 0. The van der Waals surface area contributed by atoms with Crippen molar-refractivity contribution in [3.05, 3.63) is 36.4 Å². The van der Waals surface area contributed by atoms with Gasteiger partial charge in [0.25, 0.3) is 5.91 Å². The minimum atomic E-state index is -4.47. The molecule has 13 heteroatoms. The summed E-state index contributed by atoms with van der Waals surface area (Å²) < 4.78 is 57.7. The first-order chi connectivity index (χ1) is 14.5. The van der Waals surface area contributed by atoms with Gasteiger partial charge >= 0.3 is 6.18 Å². The highest BCUT2D eigenvalue weighted by molar-refractivity contribution is 5.90. The first-order valence-electron chi connectivity index (χ1n) is 9.34. The highest BCUT2D eigenvalue weighted by Gasteiger charge is 2.47. The van der Waals surface area contributed by atoms with Gasteiger partial charge in [-0.1, -0.05) is 0 Å². The third kappa shape index (κ3) is 6.12. The van der Waals surface area contributed by atoms with Gasteiger partial charge in [-0.3, -0.25) is 9.78 Å². The number of hydrogen-bond donors (Lipinski definition) is 2. The molecule has 2 aromatic heterocycles. The largest absolute Gasteiger partial charge is 0.438 e. The van der Waals surface area contributed by atoms with Crippen LogP contribution in [-0.4, -0.2) is 58.1 Å². The predicted molar refractivity (Wildman–Crippen MR) is 98.5 cm³/mol. The molecule has 1 amide bonds. The van der Waals surface area contributed by atoms with Gasteiger partial charge in [-0.15, -0.1) is 0 Å². The van der Waals surface area contributed by atoms with E-state index >= 15 is 0 Å². The molecule has 31 heavy (non-hydrogen) atoms. The fourth-order valence-corrected chi connectivity index (χ4v) is 3.13.